The Balaban J connectivity index is 2.10. The summed E-state index contributed by atoms with van der Waals surface area (Å²) < 4.78 is 15.5. The molecule has 2 aromatic rings. The molecule has 25 heavy (non-hydrogen) atoms. The van der Waals surface area contributed by atoms with Gasteiger partial charge in [0.15, 0.2) is 23.2 Å². The Morgan fingerprint density at radius 1 is 0.920 bits per heavy atom. The average molecular weight is 338 g/mol. The van der Waals surface area contributed by atoms with E-state index in [1.807, 2.05) is 0 Å². The van der Waals surface area contributed by atoms with Crippen molar-refractivity contribution in [2.75, 3.05) is 13.2 Å². The lowest BCUT2D eigenvalue weighted by Crippen LogP contribution is -2.72. The number of nitrogens with zero attached hydrogens (tertiary/aromatic N) is 1. The molecule has 0 saturated heterocycles. The number of aromatic nitrogens is 1. The fourth-order valence-corrected chi connectivity index (χ4v) is 5.24. The Morgan fingerprint density at radius 3 is 2.20 bits per heavy atom. The van der Waals surface area contributed by atoms with Crippen molar-refractivity contribution in [1.29, 1.82) is 0 Å². The van der Waals surface area contributed by atoms with E-state index in [2.05, 4.69) is 81.7 Å². The first kappa shape index (κ1) is 16.7. The van der Waals surface area contributed by atoms with Crippen molar-refractivity contribution in [3.8, 4) is 0 Å². The summed E-state index contributed by atoms with van der Waals surface area (Å²) in [5.41, 5.74) is 5.14. The molecule has 2 aliphatic heterocycles. The van der Waals surface area contributed by atoms with Gasteiger partial charge in [0.2, 0.25) is 0 Å². The third kappa shape index (κ3) is 1.97. The van der Waals surface area contributed by atoms with Crippen LogP contribution in [-0.2, 0) is 9.47 Å². The van der Waals surface area contributed by atoms with Crippen molar-refractivity contribution >= 4 is 0 Å². The normalized spacial score (nSPS) is 24.7. The average Bonchev–Trinajstić information content (AvgIpc) is 2.58. The van der Waals surface area contributed by atoms with Gasteiger partial charge in [0.1, 0.15) is 5.92 Å². The second kappa shape index (κ2) is 5.65. The minimum absolute atomic E-state index is 0.0727. The summed E-state index contributed by atoms with van der Waals surface area (Å²) in [6.45, 7) is 12.2. The van der Waals surface area contributed by atoms with E-state index in [0.29, 0.717) is 13.2 Å². The van der Waals surface area contributed by atoms with E-state index in [1.165, 1.54) is 22.5 Å². The van der Waals surface area contributed by atoms with E-state index in [9.17, 15) is 0 Å². The predicted octanol–water partition coefficient (Wildman–Crippen LogP) is 4.13. The highest BCUT2D eigenvalue weighted by molar-refractivity contribution is 5.46. The van der Waals surface area contributed by atoms with Crippen LogP contribution < -0.4 is 4.57 Å². The first-order valence-electron chi connectivity index (χ1n) is 9.37. The standard InChI is InChI=1S/C22H28NO2/c1-6-24-22(25-7-2)19-16-12-8-9-13-17(16)20(21(22,4)5)23-15(3)11-10-14-18(19)23/h8-14,19-20H,6-7H2,1-5H3/q+1/t19-,20-/m0/s1. The molecule has 0 fully saturated rings. The summed E-state index contributed by atoms with van der Waals surface area (Å²) in [7, 11) is 0. The number of ether oxygens (including phenoxy) is 2. The van der Waals surface area contributed by atoms with Crippen LogP contribution in [0, 0.1) is 12.3 Å². The van der Waals surface area contributed by atoms with Crippen molar-refractivity contribution in [2.24, 2.45) is 5.41 Å². The Labute approximate surface area is 150 Å². The van der Waals surface area contributed by atoms with Crippen molar-refractivity contribution in [1.82, 2.24) is 0 Å². The maximum absolute atomic E-state index is 6.48. The SMILES string of the molecule is CCOC1(OCC)[C@H]2c3ccccc3[C@H]([n+]3c(C)cccc32)C1(C)C. The van der Waals surface area contributed by atoms with Gasteiger partial charge < -0.3 is 9.47 Å². The van der Waals surface area contributed by atoms with Gasteiger partial charge in [0, 0.05) is 37.8 Å². The largest absolute Gasteiger partial charge is 0.348 e. The minimum Gasteiger partial charge on any atom is -0.348 e. The molecular formula is C22H28NO2+. The van der Waals surface area contributed by atoms with E-state index in [0.717, 1.165) is 0 Å². The van der Waals surface area contributed by atoms with E-state index in [1.54, 1.807) is 0 Å². The topological polar surface area (TPSA) is 22.3 Å². The number of hydrogen-bond donors (Lipinski definition) is 0. The second-order valence-corrected chi connectivity index (χ2v) is 7.68. The number of aryl methyl sites for hydroxylation is 1. The Hall–Kier alpha value is -1.71. The molecule has 5 rings (SSSR count). The van der Waals surface area contributed by atoms with Gasteiger partial charge >= 0.3 is 0 Å². The van der Waals surface area contributed by atoms with E-state index in [-0.39, 0.29) is 17.4 Å². The second-order valence-electron chi connectivity index (χ2n) is 7.68. The van der Waals surface area contributed by atoms with Gasteiger partial charge in [-0.25, -0.2) is 0 Å². The fourth-order valence-electron chi connectivity index (χ4n) is 5.24. The van der Waals surface area contributed by atoms with Crippen molar-refractivity contribution in [3.05, 3.63) is 65.0 Å². The Kier molecular flexibility index (Phi) is 3.78. The highest BCUT2D eigenvalue weighted by atomic mass is 16.7. The van der Waals surface area contributed by atoms with Crippen LogP contribution in [0.4, 0.5) is 0 Å². The van der Waals surface area contributed by atoms with Gasteiger partial charge in [-0.1, -0.05) is 24.3 Å². The zero-order valence-corrected chi connectivity index (χ0v) is 15.9. The molecule has 3 heteroatoms. The summed E-state index contributed by atoms with van der Waals surface area (Å²) in [6.07, 6.45) is 0. The molecule has 0 saturated carbocycles. The molecule has 1 aliphatic carbocycles. The molecule has 3 heterocycles. The molecule has 3 aliphatic rings. The highest BCUT2D eigenvalue weighted by Gasteiger charge is 2.70. The lowest BCUT2D eigenvalue weighted by atomic mass is 9.57. The summed E-state index contributed by atoms with van der Waals surface area (Å²) >= 11 is 0. The summed E-state index contributed by atoms with van der Waals surface area (Å²) in [4.78, 5) is 0. The fraction of sp³-hybridized carbons (Fsp3) is 0.500. The van der Waals surface area contributed by atoms with Crippen LogP contribution in [0.25, 0.3) is 0 Å². The van der Waals surface area contributed by atoms with Crippen LogP contribution in [0.5, 0.6) is 0 Å². The smallest absolute Gasteiger partial charge is 0.196 e. The molecule has 0 unspecified atom stereocenters. The molecule has 0 N–H and O–H groups in total. The lowest BCUT2D eigenvalue weighted by molar-refractivity contribution is -0.760. The first-order valence-corrected chi connectivity index (χ1v) is 9.37. The van der Waals surface area contributed by atoms with Gasteiger partial charge in [-0.05, 0) is 39.3 Å². The zero-order chi connectivity index (χ0) is 17.8. The van der Waals surface area contributed by atoms with Crippen LogP contribution in [0.3, 0.4) is 0 Å². The van der Waals surface area contributed by atoms with Crippen molar-refractivity contribution in [3.63, 3.8) is 0 Å². The highest BCUT2D eigenvalue weighted by Crippen LogP contribution is 2.61. The van der Waals surface area contributed by atoms with Crippen LogP contribution in [-0.4, -0.2) is 19.0 Å². The number of benzene rings is 1. The molecule has 3 nitrogen and oxygen atoms in total. The van der Waals surface area contributed by atoms with Crippen LogP contribution in [0.2, 0.25) is 0 Å². The quantitative estimate of drug-likeness (QED) is 0.618. The Morgan fingerprint density at radius 2 is 1.56 bits per heavy atom. The van der Waals surface area contributed by atoms with Gasteiger partial charge in [-0.15, -0.1) is 0 Å². The van der Waals surface area contributed by atoms with Gasteiger partial charge in [-0.3, -0.25) is 0 Å². The third-order valence-electron chi connectivity index (χ3n) is 6.10. The molecule has 0 radical (unpaired) electrons. The van der Waals surface area contributed by atoms with Crippen LogP contribution in [0.15, 0.2) is 42.5 Å². The molecule has 132 valence electrons. The van der Waals surface area contributed by atoms with E-state index < -0.39 is 5.79 Å². The molecule has 2 atom stereocenters. The maximum Gasteiger partial charge on any atom is 0.196 e. The van der Waals surface area contributed by atoms with Crippen molar-refractivity contribution in [2.45, 2.75) is 52.4 Å². The molecule has 0 spiro atoms. The van der Waals surface area contributed by atoms with E-state index >= 15 is 0 Å². The molecule has 0 amide bonds. The van der Waals surface area contributed by atoms with Crippen LogP contribution >= 0.6 is 0 Å². The van der Waals surface area contributed by atoms with Gasteiger partial charge in [-0.2, -0.15) is 4.57 Å². The van der Waals surface area contributed by atoms with Gasteiger partial charge in [0.05, 0.1) is 5.41 Å². The predicted molar refractivity (Wildman–Crippen MR) is 97.6 cm³/mol. The minimum atomic E-state index is -0.649. The number of rotatable bonds is 4. The zero-order valence-electron chi connectivity index (χ0n) is 15.9. The summed E-state index contributed by atoms with van der Waals surface area (Å²) in [6, 6.07) is 15.6. The molecule has 1 aromatic heterocycles. The lowest BCUT2D eigenvalue weighted by Gasteiger charge is -2.57. The number of hydrogen-bond acceptors (Lipinski definition) is 2. The first-order chi connectivity index (χ1) is 12.0. The molecular weight excluding hydrogens is 310 g/mol. The van der Waals surface area contributed by atoms with Crippen LogP contribution in [0.1, 0.15) is 62.2 Å². The number of fused-ring (bicyclic) bond motifs is 1. The third-order valence-corrected chi connectivity index (χ3v) is 6.10. The molecule has 1 aromatic carbocycles. The summed E-state index contributed by atoms with van der Waals surface area (Å²) in [5.74, 6) is -0.577. The van der Waals surface area contributed by atoms with E-state index in [4.69, 9.17) is 9.47 Å². The molecule has 2 bridgehead atoms. The maximum atomic E-state index is 6.48. The summed E-state index contributed by atoms with van der Waals surface area (Å²) in [5, 5.41) is 0. The Bertz CT molecular complexity index is 805. The number of pyridine rings is 1. The van der Waals surface area contributed by atoms with Crippen molar-refractivity contribution < 1.29 is 14.0 Å². The monoisotopic (exact) mass is 338 g/mol. The van der Waals surface area contributed by atoms with Gasteiger partial charge in [0.25, 0.3) is 0 Å².